The summed E-state index contributed by atoms with van der Waals surface area (Å²) in [6, 6.07) is 5.93. The van der Waals surface area contributed by atoms with Crippen LogP contribution in [0.2, 0.25) is 0 Å². The zero-order valence-electron chi connectivity index (χ0n) is 13.5. The molecule has 2 nitrogen and oxygen atoms in total. The molecule has 1 aromatic rings. The maximum atomic E-state index is 10.3. The third-order valence-corrected chi connectivity index (χ3v) is 6.54. The Kier molecular flexibility index (Phi) is 3.77. The molecule has 0 aliphatic heterocycles. The zero-order chi connectivity index (χ0) is 15.2. The van der Waals surface area contributed by atoms with Crippen molar-refractivity contribution in [1.29, 1.82) is 0 Å². The molecular formula is C19H28O2. The highest BCUT2D eigenvalue weighted by Gasteiger charge is 2.49. The van der Waals surface area contributed by atoms with Crippen LogP contribution in [0.15, 0.2) is 18.2 Å². The van der Waals surface area contributed by atoms with E-state index in [9.17, 15) is 10.2 Å². The Morgan fingerprint density at radius 2 is 2.10 bits per heavy atom. The van der Waals surface area contributed by atoms with Crippen LogP contribution in [0, 0.1) is 17.3 Å². The summed E-state index contributed by atoms with van der Waals surface area (Å²) < 4.78 is 0. The van der Waals surface area contributed by atoms with Gasteiger partial charge in [-0.3, -0.25) is 0 Å². The Balaban J connectivity index is 1.96. The molecule has 4 unspecified atom stereocenters. The summed E-state index contributed by atoms with van der Waals surface area (Å²) in [5.74, 6) is 2.29. The number of aromatic hydroxyl groups is 1. The summed E-state index contributed by atoms with van der Waals surface area (Å²) >= 11 is 0. The summed E-state index contributed by atoms with van der Waals surface area (Å²) in [5, 5.41) is 20.0. The zero-order valence-corrected chi connectivity index (χ0v) is 13.5. The second-order valence-electron chi connectivity index (χ2n) is 7.43. The van der Waals surface area contributed by atoms with Crippen LogP contribution in [0.4, 0.5) is 0 Å². The summed E-state index contributed by atoms with van der Waals surface area (Å²) in [7, 11) is 0. The van der Waals surface area contributed by atoms with Crippen molar-refractivity contribution in [3.05, 3.63) is 29.3 Å². The van der Waals surface area contributed by atoms with Gasteiger partial charge in [-0.15, -0.1) is 0 Å². The van der Waals surface area contributed by atoms with Gasteiger partial charge < -0.3 is 10.2 Å². The summed E-state index contributed by atoms with van der Waals surface area (Å²) in [4.78, 5) is 0. The Morgan fingerprint density at radius 1 is 1.33 bits per heavy atom. The SMILES string of the molecule is CCC1C2CCc3cc(O)ccc3C2CC[C@]1(C)C(C)O. The molecular weight excluding hydrogens is 260 g/mol. The smallest absolute Gasteiger partial charge is 0.115 e. The minimum absolute atomic E-state index is 0.0599. The molecule has 1 aromatic carbocycles. The monoisotopic (exact) mass is 288 g/mol. The van der Waals surface area contributed by atoms with Crippen molar-refractivity contribution in [1.82, 2.24) is 0 Å². The molecule has 0 spiro atoms. The van der Waals surface area contributed by atoms with Gasteiger partial charge in [0, 0.05) is 0 Å². The van der Waals surface area contributed by atoms with Crippen LogP contribution in [0.1, 0.15) is 63.5 Å². The van der Waals surface area contributed by atoms with E-state index in [0.29, 0.717) is 23.5 Å². The standard InChI is InChI=1S/C19H28O2/c1-4-18-17-7-5-13-11-14(21)6-8-15(13)16(17)9-10-19(18,3)12(2)20/h6,8,11-12,16-18,20-21H,4-5,7,9-10H2,1-3H3/t12?,16?,17?,18?,19-/m1/s1. The van der Waals surface area contributed by atoms with Crippen molar-refractivity contribution >= 4 is 0 Å². The van der Waals surface area contributed by atoms with Crippen molar-refractivity contribution in [2.75, 3.05) is 0 Å². The minimum Gasteiger partial charge on any atom is -0.508 e. The average molecular weight is 288 g/mol. The van der Waals surface area contributed by atoms with Gasteiger partial charge in [-0.2, -0.15) is 0 Å². The normalized spacial score (nSPS) is 36.7. The Labute approximate surface area is 128 Å². The first kappa shape index (κ1) is 14.9. The van der Waals surface area contributed by atoms with Gasteiger partial charge in [-0.1, -0.05) is 26.3 Å². The summed E-state index contributed by atoms with van der Waals surface area (Å²) in [6.07, 6.45) is 5.45. The lowest BCUT2D eigenvalue weighted by molar-refractivity contribution is -0.0613. The molecule has 5 atom stereocenters. The van der Waals surface area contributed by atoms with Crippen molar-refractivity contribution in [2.24, 2.45) is 17.3 Å². The van der Waals surface area contributed by atoms with Crippen LogP contribution in [0.5, 0.6) is 5.75 Å². The van der Waals surface area contributed by atoms with E-state index in [4.69, 9.17) is 0 Å². The summed E-state index contributed by atoms with van der Waals surface area (Å²) in [5.41, 5.74) is 2.85. The molecule has 2 heteroatoms. The van der Waals surface area contributed by atoms with Gasteiger partial charge in [0.05, 0.1) is 6.10 Å². The van der Waals surface area contributed by atoms with Crippen LogP contribution >= 0.6 is 0 Å². The maximum absolute atomic E-state index is 10.3. The van der Waals surface area contributed by atoms with E-state index in [1.165, 1.54) is 24.0 Å². The van der Waals surface area contributed by atoms with E-state index >= 15 is 0 Å². The largest absolute Gasteiger partial charge is 0.508 e. The van der Waals surface area contributed by atoms with E-state index < -0.39 is 0 Å². The number of aliphatic hydroxyl groups excluding tert-OH is 1. The molecule has 3 rings (SSSR count). The average Bonchev–Trinajstić information content (AvgIpc) is 2.46. The fourth-order valence-electron chi connectivity index (χ4n) is 5.20. The van der Waals surface area contributed by atoms with E-state index in [1.54, 1.807) is 0 Å². The molecule has 2 aliphatic rings. The second kappa shape index (κ2) is 5.31. The molecule has 0 aromatic heterocycles. The second-order valence-corrected chi connectivity index (χ2v) is 7.43. The number of benzene rings is 1. The highest BCUT2D eigenvalue weighted by molar-refractivity contribution is 5.40. The van der Waals surface area contributed by atoms with Gasteiger partial charge in [0.2, 0.25) is 0 Å². The number of rotatable bonds is 2. The van der Waals surface area contributed by atoms with Gasteiger partial charge in [-0.25, -0.2) is 0 Å². The first-order valence-corrected chi connectivity index (χ1v) is 8.47. The van der Waals surface area contributed by atoms with Crippen molar-refractivity contribution in [3.63, 3.8) is 0 Å². The van der Waals surface area contributed by atoms with Gasteiger partial charge in [-0.05, 0) is 79.0 Å². The van der Waals surface area contributed by atoms with Crippen molar-refractivity contribution < 1.29 is 10.2 Å². The number of hydrogen-bond donors (Lipinski definition) is 2. The maximum Gasteiger partial charge on any atom is 0.115 e. The number of aryl methyl sites for hydroxylation is 1. The Hall–Kier alpha value is -1.02. The van der Waals surface area contributed by atoms with Crippen molar-refractivity contribution in [3.8, 4) is 5.75 Å². The predicted octanol–water partition coefficient (Wildman–Crippen LogP) is 4.25. The minimum atomic E-state index is -0.232. The first-order valence-electron chi connectivity index (χ1n) is 8.47. The predicted molar refractivity (Wildman–Crippen MR) is 85.5 cm³/mol. The van der Waals surface area contributed by atoms with Crippen LogP contribution < -0.4 is 0 Å². The lowest BCUT2D eigenvalue weighted by Gasteiger charge is -2.53. The highest BCUT2D eigenvalue weighted by Crippen LogP contribution is 2.57. The third kappa shape index (κ3) is 2.28. The molecule has 0 heterocycles. The van der Waals surface area contributed by atoms with Crippen LogP contribution in [0.25, 0.3) is 0 Å². The van der Waals surface area contributed by atoms with E-state index in [2.05, 4.69) is 19.9 Å². The van der Waals surface area contributed by atoms with Crippen LogP contribution in [-0.4, -0.2) is 16.3 Å². The number of fused-ring (bicyclic) bond motifs is 3. The number of hydrogen-bond acceptors (Lipinski definition) is 2. The topological polar surface area (TPSA) is 40.5 Å². The molecule has 0 bridgehead atoms. The summed E-state index contributed by atoms with van der Waals surface area (Å²) in [6.45, 7) is 6.53. The molecule has 0 amide bonds. The highest BCUT2D eigenvalue weighted by atomic mass is 16.3. The molecule has 116 valence electrons. The van der Waals surface area contributed by atoms with Crippen LogP contribution in [-0.2, 0) is 6.42 Å². The number of aliphatic hydroxyl groups is 1. The lowest BCUT2D eigenvalue weighted by atomic mass is 9.52. The lowest BCUT2D eigenvalue weighted by Crippen LogP contribution is -2.47. The number of phenolic OH excluding ortho intramolecular Hbond substituents is 1. The van der Waals surface area contributed by atoms with Gasteiger partial charge in [0.15, 0.2) is 0 Å². The fraction of sp³-hybridized carbons (Fsp3) is 0.684. The quantitative estimate of drug-likeness (QED) is 0.854. The molecule has 1 saturated carbocycles. The van der Waals surface area contributed by atoms with E-state index in [1.807, 2.05) is 19.1 Å². The van der Waals surface area contributed by atoms with Gasteiger partial charge >= 0.3 is 0 Å². The molecule has 2 N–H and O–H groups in total. The molecule has 21 heavy (non-hydrogen) atoms. The molecule has 0 saturated heterocycles. The van der Waals surface area contributed by atoms with E-state index in [0.717, 1.165) is 19.3 Å². The Morgan fingerprint density at radius 3 is 2.76 bits per heavy atom. The fourth-order valence-corrected chi connectivity index (χ4v) is 5.20. The third-order valence-electron chi connectivity index (χ3n) is 6.54. The number of phenols is 1. The van der Waals surface area contributed by atoms with Crippen LogP contribution in [0.3, 0.4) is 0 Å². The molecule has 1 fully saturated rings. The van der Waals surface area contributed by atoms with Crippen molar-refractivity contribution in [2.45, 2.75) is 64.9 Å². The van der Waals surface area contributed by atoms with Gasteiger partial charge in [0.1, 0.15) is 5.75 Å². The first-order chi connectivity index (χ1) is 9.97. The van der Waals surface area contributed by atoms with E-state index in [-0.39, 0.29) is 11.5 Å². The Bertz CT molecular complexity index is 522. The van der Waals surface area contributed by atoms with Gasteiger partial charge in [0.25, 0.3) is 0 Å². The molecule has 2 aliphatic carbocycles. The molecule has 0 radical (unpaired) electrons.